The molecule has 8 aromatic heterocycles. The first-order chi connectivity index (χ1) is 73.1. The number of hydrogen-bond donors (Lipinski definition) is 7. The van der Waals surface area contributed by atoms with E-state index in [2.05, 4.69) is 363 Å². The van der Waals surface area contributed by atoms with Crippen molar-refractivity contribution in [2.24, 2.45) is 0 Å². The zero-order valence-corrected chi connectivity index (χ0v) is 86.5. The highest BCUT2D eigenvalue weighted by molar-refractivity contribution is 6.14. The van der Waals surface area contributed by atoms with Gasteiger partial charge >= 0.3 is 0 Å². The first kappa shape index (κ1) is 101. The number of aromatic hydroxyl groups is 1. The van der Waals surface area contributed by atoms with Gasteiger partial charge in [-0.1, -0.05) is 183 Å². The summed E-state index contributed by atoms with van der Waals surface area (Å²) in [4.78, 5) is 20.5. The SMILES string of the molecule is C#CCOc1ccc2c(c1)[nH]c1cc(C)ccc12.C#CCOc1ccc2c3ccc(C)cc3n(CC#C)c2c1.C=CCOc1ccc2c(c1)[nH]c1cc(C)ccc12.C=CCOc1ccc2c3ccc(C)cc3n(CC=C)c2c1.CCCOc1ccc2c(c1)[nH]c1cc(C)ccc12.CCOc1ccc2c(c1)[nH]c1cc(C)ccc12.Cc1ccc2c(c1)[nH]c1cc(O)ccc12.Cc1ccc2c(c1)[nH]c1cc(OCc3ccccc3)ccc12. The average Bonchev–Trinajstić information content (AvgIpc) is 1.62. The van der Waals surface area contributed by atoms with Crippen molar-refractivity contribution in [1.82, 2.24) is 39.0 Å². The van der Waals surface area contributed by atoms with E-state index < -0.39 is 0 Å². The Morgan fingerprint density at radius 3 is 0.867 bits per heavy atom. The molecule has 0 atom stereocenters. The molecular weight excluding hydrogens is 1850 g/mol. The number of ether oxygens (including phenoxy) is 7. The fourth-order valence-electron chi connectivity index (χ4n) is 19.3. The topological polar surface area (TPSA) is 189 Å². The van der Waals surface area contributed by atoms with E-state index in [1.807, 2.05) is 97.9 Å². The van der Waals surface area contributed by atoms with Crippen LogP contribution in [-0.2, 0) is 19.7 Å². The van der Waals surface area contributed by atoms with E-state index in [0.29, 0.717) is 45.3 Å². The summed E-state index contributed by atoms with van der Waals surface area (Å²) < 4.78 is 43.6. The van der Waals surface area contributed by atoms with Crippen LogP contribution in [0.4, 0.5) is 0 Å². The maximum absolute atomic E-state index is 9.39. The van der Waals surface area contributed by atoms with Gasteiger partial charge in [-0.05, 0) is 264 Å². The maximum atomic E-state index is 9.39. The van der Waals surface area contributed by atoms with Gasteiger partial charge in [0.25, 0.3) is 0 Å². The number of fused-ring (bicyclic) bond motifs is 24. The summed E-state index contributed by atoms with van der Waals surface area (Å²) in [5.41, 5.74) is 29.4. The van der Waals surface area contributed by atoms with Gasteiger partial charge in [0.05, 0.1) is 69.4 Å². The Kier molecular flexibility index (Phi) is 31.6. The highest BCUT2D eigenvalue weighted by Crippen LogP contribution is 2.40. The lowest BCUT2D eigenvalue weighted by molar-refractivity contribution is 0.306. The third kappa shape index (κ3) is 23.2. The molecule has 0 aliphatic heterocycles. The molecule has 746 valence electrons. The number of aromatic amines is 6. The van der Waals surface area contributed by atoms with E-state index in [9.17, 15) is 5.11 Å². The van der Waals surface area contributed by atoms with Crippen molar-refractivity contribution < 1.29 is 38.3 Å². The van der Waals surface area contributed by atoms with Crippen LogP contribution in [0.3, 0.4) is 0 Å². The molecule has 0 saturated heterocycles. The quantitative estimate of drug-likeness (QED) is 0.0273. The fraction of sp³-hybridized carbons (Fsp3) is 0.149. The smallest absolute Gasteiger partial charge is 0.148 e. The van der Waals surface area contributed by atoms with Gasteiger partial charge in [0.15, 0.2) is 0 Å². The van der Waals surface area contributed by atoms with Crippen LogP contribution in [0, 0.1) is 92.4 Å². The standard InChI is InChI=1S/C20H17NO.C19H19NO.C19H15NO.C16H17NO.C16H15NO.C16H13NO.C15H15NO.C13H11NO/c1-14-7-9-17-18-10-8-16(12-20(18)21-19(17)11-14)22-13-15-5-3-2-4-6-15;2*1-4-10-20-18-12-14(3)6-8-16(18)17-9-7-15(13-19(17)20)21-11-5-2;3*1-3-8-18-12-5-7-14-13-6-4-11(2)9-15(13)17-16(14)10-12;1-3-17-11-5-7-13-12-6-4-10(2)8-14(12)16-15(13)9-11;1-8-2-4-10-11-5-3-9(15)7-13(11)14-12(10)6-8/h2-12,21H,13H2,1H3;4-9,12-13H,1-2,10-11H2,3H3;1-2,6-9,12-13H,10-11H2,3H3;4-7,9-10,17H,3,8H2,1-2H3;3-7,9-10,17H,1,8H2,2H3;1,4-7,9-10,17H,8H2,2H3;4-9,16H,3H2,1-2H3;2-7,14-15H,1H3. The largest absolute Gasteiger partial charge is 0.508 e. The van der Waals surface area contributed by atoms with Crippen LogP contribution in [0.15, 0.2) is 359 Å². The van der Waals surface area contributed by atoms with Crippen molar-refractivity contribution in [3.8, 4) is 83.0 Å². The second kappa shape index (κ2) is 46.7. The van der Waals surface area contributed by atoms with Crippen LogP contribution in [-0.4, -0.2) is 83.8 Å². The normalized spacial score (nSPS) is 11.0. The zero-order chi connectivity index (χ0) is 104. The minimum Gasteiger partial charge on any atom is -0.508 e. The van der Waals surface area contributed by atoms with Crippen molar-refractivity contribution in [3.63, 3.8) is 0 Å². The molecule has 0 aliphatic carbocycles. The van der Waals surface area contributed by atoms with E-state index in [4.69, 9.17) is 52.4 Å². The van der Waals surface area contributed by atoms with Crippen molar-refractivity contribution in [2.45, 2.75) is 95.4 Å². The molecule has 0 spiro atoms. The van der Waals surface area contributed by atoms with Crippen LogP contribution in [0.2, 0.25) is 0 Å². The molecule has 16 heteroatoms. The Labute approximate surface area is 873 Å². The average molecular weight is 1970 g/mol. The summed E-state index contributed by atoms with van der Waals surface area (Å²) in [7, 11) is 0. The minimum absolute atomic E-state index is 0.264. The number of hydrogen-bond acceptors (Lipinski definition) is 8. The fourth-order valence-corrected chi connectivity index (χ4v) is 19.3. The van der Waals surface area contributed by atoms with Crippen LogP contribution in [0.5, 0.6) is 46.0 Å². The molecule has 0 saturated carbocycles. The molecule has 0 fully saturated rings. The Hall–Kier alpha value is -18.6. The van der Waals surface area contributed by atoms with E-state index in [1.165, 1.54) is 164 Å². The van der Waals surface area contributed by atoms with Gasteiger partial charge in [0.2, 0.25) is 0 Å². The number of rotatable bonds is 21. The molecule has 25 aromatic rings. The number of terminal acetylenes is 3. The lowest BCUT2D eigenvalue weighted by Crippen LogP contribution is -1.96. The third-order valence-corrected chi connectivity index (χ3v) is 26.3. The molecule has 0 amide bonds. The van der Waals surface area contributed by atoms with Gasteiger partial charge in [0.1, 0.15) is 79.0 Å². The molecule has 0 radical (unpaired) electrons. The lowest BCUT2D eigenvalue weighted by atomic mass is 10.1. The van der Waals surface area contributed by atoms with Gasteiger partial charge < -0.3 is 77.3 Å². The van der Waals surface area contributed by atoms with E-state index in [-0.39, 0.29) is 6.61 Å². The zero-order valence-electron chi connectivity index (χ0n) is 86.5. The van der Waals surface area contributed by atoms with Crippen LogP contribution in [0.1, 0.15) is 70.3 Å². The minimum atomic E-state index is 0.264. The van der Waals surface area contributed by atoms with Gasteiger partial charge in [0, 0.05) is 180 Å². The summed E-state index contributed by atoms with van der Waals surface area (Å²) in [6.45, 7) is 37.1. The third-order valence-electron chi connectivity index (χ3n) is 26.3. The number of nitrogens with one attached hydrogen (secondary N) is 6. The summed E-state index contributed by atoms with van der Waals surface area (Å²) >= 11 is 0. The molecule has 7 N–H and O–H groups in total. The first-order valence-corrected chi connectivity index (χ1v) is 50.6. The van der Waals surface area contributed by atoms with E-state index >= 15 is 0 Å². The second-order valence-corrected chi connectivity index (χ2v) is 37.6. The number of allylic oxidation sites excluding steroid dienone is 1. The van der Waals surface area contributed by atoms with Gasteiger partial charge in [-0.15, -0.1) is 25.8 Å². The summed E-state index contributed by atoms with van der Waals surface area (Å²) in [5, 5.41) is 29.1. The number of aromatic nitrogens is 8. The van der Waals surface area contributed by atoms with Gasteiger partial charge in [-0.25, -0.2) is 0 Å². The Morgan fingerprint density at radius 2 is 0.533 bits per heavy atom. The number of phenols is 1. The van der Waals surface area contributed by atoms with E-state index in [1.54, 1.807) is 24.3 Å². The van der Waals surface area contributed by atoms with Crippen LogP contribution < -0.4 is 33.2 Å². The maximum Gasteiger partial charge on any atom is 0.148 e. The number of nitrogens with zero attached hydrogens (tertiary/aromatic N) is 2. The monoisotopic (exact) mass is 1970 g/mol. The second-order valence-electron chi connectivity index (χ2n) is 37.6. The highest BCUT2D eigenvalue weighted by Gasteiger charge is 2.18. The summed E-state index contributed by atoms with van der Waals surface area (Å²) in [6.07, 6.45) is 22.4. The molecule has 150 heavy (non-hydrogen) atoms. The number of H-pyrrole nitrogens is 6. The predicted molar refractivity (Wildman–Crippen MR) is 630 cm³/mol. The van der Waals surface area contributed by atoms with Gasteiger partial charge in [-0.3, -0.25) is 0 Å². The lowest BCUT2D eigenvalue weighted by Gasteiger charge is -2.06. The molecule has 0 unspecified atom stereocenters. The number of aryl methyl sites for hydroxylation is 8. The summed E-state index contributed by atoms with van der Waals surface area (Å²) in [6, 6.07) is 110. The van der Waals surface area contributed by atoms with Crippen molar-refractivity contribution in [1.29, 1.82) is 0 Å². The molecule has 0 aliphatic rings. The van der Waals surface area contributed by atoms with Crippen molar-refractivity contribution >= 4 is 174 Å². The predicted octanol–water partition coefficient (Wildman–Crippen LogP) is 33.4. The molecule has 8 heterocycles. The Bertz CT molecular complexity index is 9360. The van der Waals surface area contributed by atoms with Crippen molar-refractivity contribution in [3.05, 3.63) is 410 Å². The van der Waals surface area contributed by atoms with Gasteiger partial charge in [-0.2, -0.15) is 0 Å². The highest BCUT2D eigenvalue weighted by atomic mass is 16.5. The van der Waals surface area contributed by atoms with Crippen molar-refractivity contribution in [2.75, 3.05) is 39.6 Å². The molecule has 0 bridgehead atoms. The Morgan fingerprint density at radius 1 is 0.267 bits per heavy atom. The molecule has 25 rings (SSSR count). The van der Waals surface area contributed by atoms with E-state index in [0.717, 1.165) is 120 Å². The Balaban J connectivity index is 0.000000112. The number of benzene rings is 17. The summed E-state index contributed by atoms with van der Waals surface area (Å²) in [5.74, 6) is 14.0. The van der Waals surface area contributed by atoms with Crippen LogP contribution in [0.25, 0.3) is 174 Å². The number of phenolic OH excluding ortho intramolecular Hbond substituents is 1. The molecular formula is C134H122N8O8. The molecule has 16 nitrogen and oxygen atoms in total. The van der Waals surface area contributed by atoms with Crippen LogP contribution >= 0.6 is 0 Å². The molecule has 17 aromatic carbocycles. The first-order valence-electron chi connectivity index (χ1n) is 50.6.